The van der Waals surface area contributed by atoms with Crippen molar-refractivity contribution >= 4 is 44.0 Å². The molecule has 0 saturated carbocycles. The highest BCUT2D eigenvalue weighted by molar-refractivity contribution is 9.10. The number of nitrogens with one attached hydrogen (secondary N) is 1. The Morgan fingerprint density at radius 2 is 1.92 bits per heavy atom. The summed E-state index contributed by atoms with van der Waals surface area (Å²) in [5.74, 6) is -0.188. The maximum absolute atomic E-state index is 12.8. The average molecular weight is 423 g/mol. The molecule has 1 aromatic carbocycles. The molecule has 2 heterocycles. The molecule has 5 nitrogen and oxygen atoms in total. The number of ether oxygens (including phenoxy) is 1. The number of aryl methyl sites for hydroxylation is 1. The van der Waals surface area contributed by atoms with Crippen molar-refractivity contribution in [1.29, 1.82) is 0 Å². The van der Waals surface area contributed by atoms with Gasteiger partial charge >= 0.3 is 0 Å². The lowest BCUT2D eigenvalue weighted by molar-refractivity contribution is -0.118. The van der Waals surface area contributed by atoms with Crippen LogP contribution in [0.2, 0.25) is 0 Å². The van der Waals surface area contributed by atoms with Gasteiger partial charge in [-0.15, -0.1) is 11.3 Å². The molecule has 0 bridgehead atoms. The van der Waals surface area contributed by atoms with E-state index in [0.717, 1.165) is 22.4 Å². The molecule has 1 aromatic heterocycles. The van der Waals surface area contributed by atoms with Crippen LogP contribution in [0.3, 0.4) is 0 Å². The van der Waals surface area contributed by atoms with Gasteiger partial charge in [0.15, 0.2) is 5.78 Å². The van der Waals surface area contributed by atoms with Crippen molar-refractivity contribution in [2.45, 2.75) is 6.92 Å². The molecule has 2 aromatic rings. The molecule has 3 rings (SSSR count). The highest BCUT2D eigenvalue weighted by atomic mass is 79.9. The fourth-order valence-electron chi connectivity index (χ4n) is 2.66. The summed E-state index contributed by atoms with van der Waals surface area (Å²) in [7, 11) is 0. The topological polar surface area (TPSA) is 58.6 Å². The third-order valence-electron chi connectivity index (χ3n) is 3.93. The van der Waals surface area contributed by atoms with Crippen molar-refractivity contribution in [3.63, 3.8) is 0 Å². The van der Waals surface area contributed by atoms with Gasteiger partial charge < -0.3 is 10.1 Å². The number of carbonyl (C=O) groups is 2. The molecule has 1 amide bonds. The Hall–Kier alpha value is -1.54. The standard InChI is InChI=1S/C18H19BrN2O3S/c1-12-10-15(17(23)13-2-4-14(19)5-3-13)18(25-12)20-16(22)11-21-6-8-24-9-7-21/h2-5,10H,6-9,11H2,1H3,(H,20,22). The van der Waals surface area contributed by atoms with Gasteiger partial charge in [-0.2, -0.15) is 0 Å². The number of amides is 1. The second-order valence-electron chi connectivity index (χ2n) is 5.87. The van der Waals surface area contributed by atoms with E-state index in [4.69, 9.17) is 4.74 Å². The first-order valence-electron chi connectivity index (χ1n) is 8.03. The Balaban J connectivity index is 1.72. The van der Waals surface area contributed by atoms with Crippen LogP contribution in [-0.2, 0) is 9.53 Å². The summed E-state index contributed by atoms with van der Waals surface area (Å²) in [5, 5.41) is 3.52. The number of ketones is 1. The van der Waals surface area contributed by atoms with Crippen LogP contribution in [0.5, 0.6) is 0 Å². The largest absolute Gasteiger partial charge is 0.379 e. The maximum atomic E-state index is 12.8. The molecule has 0 radical (unpaired) electrons. The predicted molar refractivity (Wildman–Crippen MR) is 103 cm³/mol. The van der Waals surface area contributed by atoms with E-state index in [-0.39, 0.29) is 11.7 Å². The van der Waals surface area contributed by atoms with E-state index in [1.807, 2.05) is 25.1 Å². The summed E-state index contributed by atoms with van der Waals surface area (Å²) in [6.07, 6.45) is 0. The van der Waals surface area contributed by atoms with Gasteiger partial charge in [0.05, 0.1) is 25.3 Å². The van der Waals surface area contributed by atoms with Crippen molar-refractivity contribution in [3.05, 3.63) is 50.8 Å². The van der Waals surface area contributed by atoms with Gasteiger partial charge in [0, 0.05) is 28.0 Å². The molecule has 0 aliphatic carbocycles. The molecule has 1 saturated heterocycles. The Bertz CT molecular complexity index is 767. The quantitative estimate of drug-likeness (QED) is 0.750. The zero-order valence-electron chi connectivity index (χ0n) is 13.9. The minimum atomic E-state index is -0.103. The minimum absolute atomic E-state index is 0.0847. The molecule has 0 spiro atoms. The number of hydrogen-bond donors (Lipinski definition) is 1. The van der Waals surface area contributed by atoms with Gasteiger partial charge in [0.2, 0.25) is 5.91 Å². The van der Waals surface area contributed by atoms with Crippen molar-refractivity contribution in [3.8, 4) is 0 Å². The first-order valence-corrected chi connectivity index (χ1v) is 9.64. The molecule has 1 N–H and O–H groups in total. The molecule has 1 fully saturated rings. The predicted octanol–water partition coefficient (Wildman–Crippen LogP) is 3.32. The summed E-state index contributed by atoms with van der Waals surface area (Å²) >= 11 is 4.80. The second-order valence-corrected chi connectivity index (χ2v) is 8.04. The Kier molecular flexibility index (Phi) is 6.01. The van der Waals surface area contributed by atoms with Crippen LogP contribution in [0.4, 0.5) is 5.00 Å². The Morgan fingerprint density at radius 3 is 2.60 bits per heavy atom. The minimum Gasteiger partial charge on any atom is -0.379 e. The van der Waals surface area contributed by atoms with Crippen LogP contribution in [0.15, 0.2) is 34.8 Å². The summed E-state index contributed by atoms with van der Waals surface area (Å²) in [4.78, 5) is 28.2. The van der Waals surface area contributed by atoms with Crippen LogP contribution in [0.25, 0.3) is 0 Å². The lowest BCUT2D eigenvalue weighted by Gasteiger charge is -2.25. The Morgan fingerprint density at radius 1 is 1.24 bits per heavy atom. The molecular weight excluding hydrogens is 404 g/mol. The third kappa shape index (κ3) is 4.76. The zero-order chi connectivity index (χ0) is 17.8. The number of halogens is 1. The maximum Gasteiger partial charge on any atom is 0.239 e. The number of anilines is 1. The molecule has 25 heavy (non-hydrogen) atoms. The summed E-state index contributed by atoms with van der Waals surface area (Å²) in [6.45, 7) is 5.05. The van der Waals surface area contributed by atoms with Gasteiger partial charge in [-0.3, -0.25) is 14.5 Å². The van der Waals surface area contributed by atoms with E-state index in [1.165, 1.54) is 11.3 Å². The number of benzene rings is 1. The van der Waals surface area contributed by atoms with Crippen LogP contribution >= 0.6 is 27.3 Å². The van der Waals surface area contributed by atoms with Gasteiger partial charge in [-0.1, -0.05) is 15.9 Å². The molecule has 132 valence electrons. The van der Waals surface area contributed by atoms with E-state index >= 15 is 0 Å². The number of carbonyl (C=O) groups excluding carboxylic acids is 2. The number of rotatable bonds is 5. The lowest BCUT2D eigenvalue weighted by atomic mass is 10.1. The van der Waals surface area contributed by atoms with Gasteiger partial charge in [-0.05, 0) is 37.3 Å². The highest BCUT2D eigenvalue weighted by Gasteiger charge is 2.20. The fraction of sp³-hybridized carbons (Fsp3) is 0.333. The van der Waals surface area contributed by atoms with Crippen LogP contribution < -0.4 is 5.32 Å². The third-order valence-corrected chi connectivity index (χ3v) is 5.42. The smallest absolute Gasteiger partial charge is 0.239 e. The molecule has 1 aliphatic heterocycles. The average Bonchev–Trinajstić information content (AvgIpc) is 2.96. The van der Waals surface area contributed by atoms with Gasteiger partial charge in [0.1, 0.15) is 5.00 Å². The number of nitrogens with zero attached hydrogens (tertiary/aromatic N) is 1. The molecule has 7 heteroatoms. The van der Waals surface area contributed by atoms with Crippen LogP contribution in [-0.4, -0.2) is 49.4 Å². The van der Waals surface area contributed by atoms with Crippen molar-refractivity contribution in [2.75, 3.05) is 38.2 Å². The number of hydrogen-bond acceptors (Lipinski definition) is 5. The van der Waals surface area contributed by atoms with E-state index in [0.29, 0.717) is 35.9 Å². The van der Waals surface area contributed by atoms with Crippen molar-refractivity contribution < 1.29 is 14.3 Å². The second kappa shape index (κ2) is 8.23. The summed E-state index contributed by atoms with van der Waals surface area (Å²) < 4.78 is 6.21. The van der Waals surface area contributed by atoms with E-state index in [9.17, 15) is 9.59 Å². The normalized spacial score (nSPS) is 15.1. The Labute approximate surface area is 159 Å². The fourth-order valence-corrected chi connectivity index (χ4v) is 3.85. The molecular formula is C18H19BrN2O3S. The van der Waals surface area contributed by atoms with Crippen molar-refractivity contribution in [1.82, 2.24) is 4.90 Å². The van der Waals surface area contributed by atoms with E-state index in [2.05, 4.69) is 26.1 Å². The first kappa shape index (κ1) is 18.3. The molecule has 0 unspecified atom stereocenters. The van der Waals surface area contributed by atoms with Crippen LogP contribution in [0, 0.1) is 6.92 Å². The summed E-state index contributed by atoms with van der Waals surface area (Å²) in [6, 6.07) is 9.06. The highest BCUT2D eigenvalue weighted by Crippen LogP contribution is 2.30. The first-order chi connectivity index (χ1) is 12.0. The summed E-state index contributed by atoms with van der Waals surface area (Å²) in [5.41, 5.74) is 1.14. The number of morpholine rings is 1. The van der Waals surface area contributed by atoms with Gasteiger partial charge in [-0.25, -0.2) is 0 Å². The van der Waals surface area contributed by atoms with Crippen molar-refractivity contribution in [2.24, 2.45) is 0 Å². The van der Waals surface area contributed by atoms with Gasteiger partial charge in [0.25, 0.3) is 0 Å². The van der Waals surface area contributed by atoms with E-state index < -0.39 is 0 Å². The lowest BCUT2D eigenvalue weighted by Crippen LogP contribution is -2.41. The van der Waals surface area contributed by atoms with Crippen LogP contribution in [0.1, 0.15) is 20.8 Å². The molecule has 1 aliphatic rings. The number of thiophene rings is 1. The zero-order valence-corrected chi connectivity index (χ0v) is 16.3. The monoisotopic (exact) mass is 422 g/mol. The SMILES string of the molecule is Cc1cc(C(=O)c2ccc(Br)cc2)c(NC(=O)CN2CCOCC2)s1. The van der Waals surface area contributed by atoms with E-state index in [1.54, 1.807) is 12.1 Å². The molecule has 0 atom stereocenters.